The topological polar surface area (TPSA) is 70.9 Å². The summed E-state index contributed by atoms with van der Waals surface area (Å²) in [4.78, 5) is 11.6. The largest absolute Gasteiger partial charge is 0.507 e. The van der Waals surface area contributed by atoms with Crippen molar-refractivity contribution >= 4 is 28.1 Å². The minimum atomic E-state index is -0.387. The molecule has 1 amide bonds. The van der Waals surface area contributed by atoms with Crippen molar-refractivity contribution in [3.8, 4) is 11.5 Å². The molecule has 0 aliphatic carbocycles. The van der Waals surface area contributed by atoms with E-state index in [0.717, 1.165) is 4.47 Å². The van der Waals surface area contributed by atoms with E-state index in [0.29, 0.717) is 11.3 Å². The van der Waals surface area contributed by atoms with Crippen LogP contribution >= 0.6 is 15.9 Å². The minimum absolute atomic E-state index is 0.0980. The smallest absolute Gasteiger partial charge is 0.277 e. The third-order valence-electron chi connectivity index (χ3n) is 2.50. The Kier molecular flexibility index (Phi) is 5.34. The van der Waals surface area contributed by atoms with E-state index in [1.165, 1.54) is 6.21 Å². The number of carbonyl (C=O) groups is 1. The maximum absolute atomic E-state index is 11.6. The Morgan fingerprint density at radius 3 is 2.86 bits per heavy atom. The second kappa shape index (κ2) is 7.44. The summed E-state index contributed by atoms with van der Waals surface area (Å²) < 4.78 is 6.18. The quantitative estimate of drug-likeness (QED) is 0.644. The number of para-hydroxylation sites is 1. The molecule has 0 saturated carbocycles. The average molecular weight is 349 g/mol. The highest BCUT2D eigenvalue weighted by atomic mass is 79.9. The molecule has 0 spiro atoms. The predicted molar refractivity (Wildman–Crippen MR) is 83.5 cm³/mol. The Morgan fingerprint density at radius 1 is 1.29 bits per heavy atom. The highest BCUT2D eigenvalue weighted by molar-refractivity contribution is 9.10. The number of phenolic OH excluding ortho intramolecular Hbond substituents is 1. The first-order valence-corrected chi connectivity index (χ1v) is 6.93. The molecular weight excluding hydrogens is 336 g/mol. The van der Waals surface area contributed by atoms with Crippen molar-refractivity contribution in [1.29, 1.82) is 0 Å². The fraction of sp³-hybridized carbons (Fsp3) is 0.0667. The van der Waals surface area contributed by atoms with Crippen LogP contribution in [0.25, 0.3) is 0 Å². The summed E-state index contributed by atoms with van der Waals surface area (Å²) in [6.45, 7) is -0.144. The number of halogens is 1. The number of benzene rings is 2. The van der Waals surface area contributed by atoms with Crippen LogP contribution in [0.5, 0.6) is 11.5 Å². The van der Waals surface area contributed by atoms with Crippen molar-refractivity contribution in [2.24, 2.45) is 5.10 Å². The number of amides is 1. The van der Waals surface area contributed by atoms with Gasteiger partial charge in [-0.15, -0.1) is 0 Å². The first kappa shape index (κ1) is 15.1. The van der Waals surface area contributed by atoms with E-state index in [9.17, 15) is 9.90 Å². The van der Waals surface area contributed by atoms with Crippen LogP contribution in [0, 0.1) is 0 Å². The molecule has 0 aliphatic rings. The van der Waals surface area contributed by atoms with Gasteiger partial charge in [0, 0.05) is 10.0 Å². The fourth-order valence-electron chi connectivity index (χ4n) is 1.51. The first-order chi connectivity index (χ1) is 10.1. The number of nitrogens with one attached hydrogen (secondary N) is 1. The molecule has 21 heavy (non-hydrogen) atoms. The standard InChI is InChI=1S/C15H13BrN2O3/c16-12-5-3-6-13(8-12)21-10-15(20)18-17-9-11-4-1-2-7-14(11)19/h1-9,19H,10H2,(H,18,20)/b17-9+. The van der Waals surface area contributed by atoms with Crippen LogP contribution in [0.4, 0.5) is 0 Å². The Labute approximate surface area is 130 Å². The van der Waals surface area contributed by atoms with Crippen molar-refractivity contribution in [2.75, 3.05) is 6.61 Å². The van der Waals surface area contributed by atoms with Crippen molar-refractivity contribution in [1.82, 2.24) is 5.43 Å². The van der Waals surface area contributed by atoms with Crippen LogP contribution < -0.4 is 10.2 Å². The van der Waals surface area contributed by atoms with Gasteiger partial charge in [0.05, 0.1) is 6.21 Å². The second-order valence-corrected chi connectivity index (χ2v) is 5.01. The van der Waals surface area contributed by atoms with E-state index in [-0.39, 0.29) is 18.3 Å². The molecule has 0 saturated heterocycles. The third kappa shape index (κ3) is 4.92. The van der Waals surface area contributed by atoms with Crippen LogP contribution in [0.3, 0.4) is 0 Å². The van der Waals surface area contributed by atoms with Crippen molar-refractivity contribution in [3.63, 3.8) is 0 Å². The lowest BCUT2D eigenvalue weighted by molar-refractivity contribution is -0.123. The van der Waals surface area contributed by atoms with Crippen LogP contribution in [-0.2, 0) is 4.79 Å². The van der Waals surface area contributed by atoms with E-state index >= 15 is 0 Å². The number of nitrogens with zero attached hydrogens (tertiary/aromatic N) is 1. The van der Waals surface area contributed by atoms with Gasteiger partial charge in [0.2, 0.25) is 0 Å². The highest BCUT2D eigenvalue weighted by Gasteiger charge is 2.02. The maximum atomic E-state index is 11.6. The number of phenols is 1. The van der Waals surface area contributed by atoms with Gasteiger partial charge in [-0.25, -0.2) is 5.43 Å². The number of carbonyl (C=O) groups excluding carboxylic acids is 1. The molecule has 0 heterocycles. The number of ether oxygens (including phenoxy) is 1. The Morgan fingerprint density at radius 2 is 2.10 bits per heavy atom. The van der Waals surface area contributed by atoms with Gasteiger partial charge in [0.1, 0.15) is 11.5 Å². The summed E-state index contributed by atoms with van der Waals surface area (Å²) in [6.07, 6.45) is 1.37. The van der Waals surface area contributed by atoms with E-state index in [1.54, 1.807) is 36.4 Å². The van der Waals surface area contributed by atoms with Crippen LogP contribution in [-0.4, -0.2) is 23.8 Å². The molecule has 0 bridgehead atoms. The summed E-state index contributed by atoms with van der Waals surface area (Å²) in [5.74, 6) is 0.298. The average Bonchev–Trinajstić information content (AvgIpc) is 2.47. The van der Waals surface area contributed by atoms with E-state index < -0.39 is 0 Å². The van der Waals surface area contributed by atoms with Gasteiger partial charge in [-0.1, -0.05) is 34.1 Å². The molecule has 108 valence electrons. The molecule has 2 aromatic carbocycles. The molecule has 2 aromatic rings. The molecule has 2 N–H and O–H groups in total. The Balaban J connectivity index is 1.81. The van der Waals surface area contributed by atoms with Crippen molar-refractivity contribution < 1.29 is 14.6 Å². The van der Waals surface area contributed by atoms with Gasteiger partial charge in [0.25, 0.3) is 5.91 Å². The Bertz CT molecular complexity index is 659. The molecule has 0 radical (unpaired) electrons. The van der Waals surface area contributed by atoms with Crippen LogP contribution in [0.2, 0.25) is 0 Å². The number of hydrazone groups is 1. The van der Waals surface area contributed by atoms with Gasteiger partial charge >= 0.3 is 0 Å². The molecule has 0 aliphatic heterocycles. The molecule has 0 aromatic heterocycles. The van der Waals surface area contributed by atoms with Crippen LogP contribution in [0.15, 0.2) is 58.1 Å². The monoisotopic (exact) mass is 348 g/mol. The Hall–Kier alpha value is -2.34. The van der Waals surface area contributed by atoms with E-state index in [1.807, 2.05) is 12.1 Å². The molecular formula is C15H13BrN2O3. The normalized spacial score (nSPS) is 10.5. The number of hydrogen-bond acceptors (Lipinski definition) is 4. The van der Waals surface area contributed by atoms with Crippen LogP contribution in [0.1, 0.15) is 5.56 Å². The van der Waals surface area contributed by atoms with E-state index in [2.05, 4.69) is 26.5 Å². The zero-order valence-corrected chi connectivity index (χ0v) is 12.6. The summed E-state index contributed by atoms with van der Waals surface area (Å²) in [5.41, 5.74) is 2.85. The van der Waals surface area contributed by atoms with Gasteiger partial charge in [-0.05, 0) is 30.3 Å². The fourth-order valence-corrected chi connectivity index (χ4v) is 1.89. The van der Waals surface area contributed by atoms with Gasteiger partial charge in [-0.3, -0.25) is 4.79 Å². The SMILES string of the molecule is O=C(COc1cccc(Br)c1)N/N=C/c1ccccc1O. The van der Waals surface area contributed by atoms with Crippen molar-refractivity contribution in [2.45, 2.75) is 0 Å². The predicted octanol–water partition coefficient (Wildman–Crippen LogP) is 2.68. The summed E-state index contributed by atoms with van der Waals surface area (Å²) >= 11 is 3.32. The van der Waals surface area contributed by atoms with Gasteiger partial charge in [-0.2, -0.15) is 5.10 Å². The molecule has 0 fully saturated rings. The first-order valence-electron chi connectivity index (χ1n) is 6.13. The number of aromatic hydroxyl groups is 1. The van der Waals surface area contributed by atoms with E-state index in [4.69, 9.17) is 4.74 Å². The molecule has 0 atom stereocenters. The zero-order chi connectivity index (χ0) is 15.1. The third-order valence-corrected chi connectivity index (χ3v) is 2.99. The lowest BCUT2D eigenvalue weighted by Crippen LogP contribution is -2.24. The molecule has 6 heteroatoms. The van der Waals surface area contributed by atoms with Crippen molar-refractivity contribution in [3.05, 3.63) is 58.6 Å². The molecule has 0 unspecified atom stereocenters. The van der Waals surface area contributed by atoms with Gasteiger partial charge < -0.3 is 9.84 Å². The molecule has 5 nitrogen and oxygen atoms in total. The second-order valence-electron chi connectivity index (χ2n) is 4.10. The summed E-state index contributed by atoms with van der Waals surface area (Å²) in [5, 5.41) is 13.3. The summed E-state index contributed by atoms with van der Waals surface area (Å²) in [7, 11) is 0. The highest BCUT2D eigenvalue weighted by Crippen LogP contribution is 2.17. The summed E-state index contributed by atoms with van der Waals surface area (Å²) in [6, 6.07) is 13.9. The molecule has 2 rings (SSSR count). The maximum Gasteiger partial charge on any atom is 0.277 e. The minimum Gasteiger partial charge on any atom is -0.507 e. The lowest BCUT2D eigenvalue weighted by atomic mass is 10.2. The van der Waals surface area contributed by atoms with Gasteiger partial charge in [0.15, 0.2) is 6.61 Å². The zero-order valence-electron chi connectivity index (χ0n) is 11.0. The lowest BCUT2D eigenvalue weighted by Gasteiger charge is -2.05. The number of rotatable bonds is 5. The number of hydrogen-bond donors (Lipinski definition) is 2.